The van der Waals surface area contributed by atoms with Crippen LogP contribution in [0.25, 0.3) is 0 Å². The summed E-state index contributed by atoms with van der Waals surface area (Å²) in [6, 6.07) is 10.0. The smallest absolute Gasteiger partial charge is 0.244 e. The molecule has 1 fully saturated rings. The van der Waals surface area contributed by atoms with E-state index in [-0.39, 0.29) is 10.7 Å². The van der Waals surface area contributed by atoms with Crippen LogP contribution in [0.5, 0.6) is 0 Å². The van der Waals surface area contributed by atoms with E-state index in [0.29, 0.717) is 30.5 Å². The number of ketones is 1. The second-order valence-corrected chi connectivity index (χ2v) is 8.27. The molecule has 0 aromatic heterocycles. The Kier molecular flexibility index (Phi) is 4.75. The molecule has 1 aliphatic rings. The summed E-state index contributed by atoms with van der Waals surface area (Å²) in [5.41, 5.74) is 1.89. The molecule has 3 rings (SSSR count). The highest BCUT2D eigenvalue weighted by atomic mass is 32.2. The molecule has 6 heteroatoms. The van der Waals surface area contributed by atoms with Crippen molar-refractivity contribution in [3.63, 3.8) is 0 Å². The van der Waals surface area contributed by atoms with E-state index in [4.69, 9.17) is 0 Å². The average Bonchev–Trinajstić information content (AvgIpc) is 3.05. The predicted octanol–water partition coefficient (Wildman–Crippen LogP) is 3.48. The van der Waals surface area contributed by atoms with Crippen molar-refractivity contribution in [1.29, 1.82) is 0 Å². The van der Waals surface area contributed by atoms with E-state index in [9.17, 15) is 17.6 Å². The molecule has 1 heterocycles. The maximum absolute atomic E-state index is 13.3. The van der Waals surface area contributed by atoms with Crippen LogP contribution in [-0.4, -0.2) is 31.1 Å². The van der Waals surface area contributed by atoms with Gasteiger partial charge in [0, 0.05) is 12.1 Å². The van der Waals surface area contributed by atoms with Gasteiger partial charge in [0.15, 0.2) is 5.78 Å². The third-order valence-electron chi connectivity index (χ3n) is 4.57. The third kappa shape index (κ3) is 3.37. The predicted molar refractivity (Wildman–Crippen MR) is 93.6 cm³/mol. The van der Waals surface area contributed by atoms with Crippen molar-refractivity contribution in [3.05, 3.63) is 65.0 Å². The molecule has 4 nitrogen and oxygen atoms in total. The fourth-order valence-electron chi connectivity index (χ4n) is 3.23. The first-order chi connectivity index (χ1) is 11.8. The van der Waals surface area contributed by atoms with Crippen molar-refractivity contribution in [2.24, 2.45) is 0 Å². The lowest BCUT2D eigenvalue weighted by Gasteiger charge is -2.24. The number of rotatable bonds is 4. The zero-order valence-corrected chi connectivity index (χ0v) is 15.0. The van der Waals surface area contributed by atoms with E-state index in [2.05, 4.69) is 0 Å². The van der Waals surface area contributed by atoms with Crippen LogP contribution in [0.15, 0.2) is 47.4 Å². The summed E-state index contributed by atoms with van der Waals surface area (Å²) in [7, 11) is -3.85. The first-order valence-electron chi connectivity index (χ1n) is 8.19. The van der Waals surface area contributed by atoms with E-state index in [1.807, 2.05) is 19.1 Å². The summed E-state index contributed by atoms with van der Waals surface area (Å²) in [6.07, 6.45) is 1.12. The van der Waals surface area contributed by atoms with Crippen LogP contribution in [0.3, 0.4) is 0 Å². The number of carbonyl (C=O) groups is 1. The van der Waals surface area contributed by atoms with Crippen LogP contribution < -0.4 is 0 Å². The summed E-state index contributed by atoms with van der Waals surface area (Å²) >= 11 is 0. The van der Waals surface area contributed by atoms with Gasteiger partial charge in [-0.3, -0.25) is 4.79 Å². The number of hydrogen-bond donors (Lipinski definition) is 0. The van der Waals surface area contributed by atoms with Crippen LogP contribution in [0.2, 0.25) is 0 Å². The summed E-state index contributed by atoms with van der Waals surface area (Å²) < 4.78 is 40.6. The summed E-state index contributed by atoms with van der Waals surface area (Å²) in [5, 5.41) is 0. The van der Waals surface area contributed by atoms with Gasteiger partial charge >= 0.3 is 0 Å². The lowest BCUT2D eigenvalue weighted by atomic mass is 10.0. The largest absolute Gasteiger partial charge is 0.292 e. The van der Waals surface area contributed by atoms with Crippen molar-refractivity contribution in [2.75, 3.05) is 6.54 Å². The first-order valence-corrected chi connectivity index (χ1v) is 9.63. The molecule has 25 heavy (non-hydrogen) atoms. The van der Waals surface area contributed by atoms with Gasteiger partial charge in [0.05, 0.1) is 10.9 Å². The monoisotopic (exact) mass is 361 g/mol. The quantitative estimate of drug-likeness (QED) is 0.784. The van der Waals surface area contributed by atoms with Gasteiger partial charge in [0.2, 0.25) is 10.0 Å². The highest BCUT2D eigenvalue weighted by molar-refractivity contribution is 7.89. The molecule has 0 radical (unpaired) electrons. The molecule has 0 saturated carbocycles. The summed E-state index contributed by atoms with van der Waals surface area (Å²) in [4.78, 5) is 12.9. The van der Waals surface area contributed by atoms with Crippen molar-refractivity contribution < 1.29 is 17.6 Å². The molecule has 0 bridgehead atoms. The minimum atomic E-state index is -3.85. The molecule has 0 amide bonds. The van der Waals surface area contributed by atoms with Gasteiger partial charge in [0.1, 0.15) is 5.82 Å². The number of sulfonamides is 1. The Morgan fingerprint density at radius 3 is 2.44 bits per heavy atom. The van der Waals surface area contributed by atoms with Crippen LogP contribution in [0.1, 0.15) is 34.3 Å². The molecule has 2 aromatic carbocycles. The number of nitrogens with zero attached hydrogens (tertiary/aromatic N) is 1. The number of halogens is 1. The maximum Gasteiger partial charge on any atom is 0.244 e. The van der Waals surface area contributed by atoms with Crippen molar-refractivity contribution in [3.8, 4) is 0 Å². The minimum absolute atomic E-state index is 0.0532. The van der Waals surface area contributed by atoms with Crippen molar-refractivity contribution in [2.45, 2.75) is 37.6 Å². The number of carbonyl (C=O) groups excluding carboxylic acids is 1. The minimum Gasteiger partial charge on any atom is -0.292 e. The van der Waals surface area contributed by atoms with Crippen molar-refractivity contribution >= 4 is 15.8 Å². The molecule has 1 atom stereocenters. The van der Waals surface area contributed by atoms with Crippen LogP contribution in [0, 0.1) is 19.7 Å². The molecule has 0 aliphatic carbocycles. The molecule has 0 spiro atoms. The van der Waals surface area contributed by atoms with Gasteiger partial charge in [-0.1, -0.05) is 29.8 Å². The highest BCUT2D eigenvalue weighted by Gasteiger charge is 2.40. The fourth-order valence-corrected chi connectivity index (χ4v) is 5.09. The van der Waals surface area contributed by atoms with Gasteiger partial charge in [-0.25, -0.2) is 12.8 Å². The summed E-state index contributed by atoms with van der Waals surface area (Å²) in [5.74, 6) is -0.675. The molecular formula is C19H20FNO3S. The molecule has 1 saturated heterocycles. The Labute approximate surface area is 147 Å². The van der Waals surface area contributed by atoms with E-state index >= 15 is 0 Å². The third-order valence-corrected chi connectivity index (χ3v) is 6.63. The molecule has 0 N–H and O–H groups in total. The average molecular weight is 361 g/mol. The second-order valence-electron chi connectivity index (χ2n) is 6.41. The Hall–Kier alpha value is -2.05. The number of aryl methyl sites for hydroxylation is 2. The normalized spacial score (nSPS) is 18.4. The Morgan fingerprint density at radius 2 is 1.80 bits per heavy atom. The van der Waals surface area contributed by atoms with Crippen LogP contribution in [-0.2, 0) is 10.0 Å². The topological polar surface area (TPSA) is 54.5 Å². The lowest BCUT2D eigenvalue weighted by molar-refractivity contribution is 0.0918. The van der Waals surface area contributed by atoms with Crippen LogP contribution in [0.4, 0.5) is 4.39 Å². The standard InChI is InChI=1S/C19H20FNO3S/c1-13-5-7-15(8-6-13)19(22)17-4-3-11-21(17)25(23,24)18-10-9-16(20)12-14(18)2/h5-10,12,17H,3-4,11H2,1-2H3. The second kappa shape index (κ2) is 6.69. The van der Waals surface area contributed by atoms with Gasteiger partial charge in [-0.05, 0) is 50.5 Å². The molecule has 2 aromatic rings. The van der Waals surface area contributed by atoms with Gasteiger partial charge in [0.25, 0.3) is 0 Å². The molecule has 1 aliphatic heterocycles. The molecule has 132 valence electrons. The first kappa shape index (κ1) is 17.8. The maximum atomic E-state index is 13.3. The van der Waals surface area contributed by atoms with Gasteiger partial charge in [-0.15, -0.1) is 0 Å². The highest BCUT2D eigenvalue weighted by Crippen LogP contribution is 2.30. The number of Topliss-reactive ketones (excluding diaryl/α,β-unsaturated/α-hetero) is 1. The van der Waals surface area contributed by atoms with E-state index in [0.717, 1.165) is 11.6 Å². The van der Waals surface area contributed by atoms with E-state index < -0.39 is 21.9 Å². The lowest BCUT2D eigenvalue weighted by Crippen LogP contribution is -2.40. The van der Waals surface area contributed by atoms with Gasteiger partial charge in [-0.2, -0.15) is 4.31 Å². The summed E-state index contributed by atoms with van der Waals surface area (Å²) in [6.45, 7) is 3.78. The Balaban J connectivity index is 1.95. The van der Waals surface area contributed by atoms with Gasteiger partial charge < -0.3 is 0 Å². The Bertz CT molecular complexity index is 907. The fraction of sp³-hybridized carbons (Fsp3) is 0.316. The molecular weight excluding hydrogens is 341 g/mol. The zero-order valence-electron chi connectivity index (χ0n) is 14.2. The number of benzene rings is 2. The van der Waals surface area contributed by atoms with Crippen molar-refractivity contribution in [1.82, 2.24) is 4.31 Å². The number of hydrogen-bond acceptors (Lipinski definition) is 3. The molecule has 1 unspecified atom stereocenters. The SMILES string of the molecule is Cc1ccc(C(=O)C2CCCN2S(=O)(=O)c2ccc(F)cc2C)cc1. The van der Waals surface area contributed by atoms with Crippen LogP contribution >= 0.6 is 0 Å². The van der Waals surface area contributed by atoms with E-state index in [1.54, 1.807) is 19.1 Å². The Morgan fingerprint density at radius 1 is 1.12 bits per heavy atom. The zero-order chi connectivity index (χ0) is 18.2. The van der Waals surface area contributed by atoms with E-state index in [1.165, 1.54) is 16.4 Å².